The van der Waals surface area contributed by atoms with Gasteiger partial charge in [0.15, 0.2) is 0 Å². The molecule has 104 valence electrons. The first kappa shape index (κ1) is 15.5. The summed E-state index contributed by atoms with van der Waals surface area (Å²) < 4.78 is 4.87. The van der Waals surface area contributed by atoms with Crippen LogP contribution in [0.1, 0.15) is 15.9 Å². The van der Waals surface area contributed by atoms with Gasteiger partial charge in [0.05, 0.1) is 6.61 Å². The smallest absolute Gasteiger partial charge is 0.323 e. The fraction of sp³-hybridized carbons (Fsp3) is 0.385. The van der Waals surface area contributed by atoms with E-state index in [9.17, 15) is 9.59 Å². The third-order valence-corrected chi connectivity index (χ3v) is 3.01. The number of hydrogen-bond acceptors (Lipinski definition) is 3. The van der Waals surface area contributed by atoms with Crippen LogP contribution in [0.4, 0.5) is 0 Å². The van der Waals surface area contributed by atoms with E-state index in [0.717, 1.165) is 5.56 Å². The zero-order valence-electron chi connectivity index (χ0n) is 10.9. The number of ether oxygens (including phenoxy) is 1. The Morgan fingerprint density at radius 1 is 1.42 bits per heavy atom. The van der Waals surface area contributed by atoms with Crippen LogP contribution in [-0.2, 0) is 9.53 Å². The van der Waals surface area contributed by atoms with E-state index in [1.54, 1.807) is 25.1 Å². The number of carbonyl (C=O) groups is 2. The van der Waals surface area contributed by atoms with Gasteiger partial charge in [-0.25, -0.2) is 0 Å². The van der Waals surface area contributed by atoms with Crippen LogP contribution in [0.15, 0.2) is 18.2 Å². The van der Waals surface area contributed by atoms with Crippen LogP contribution in [0.2, 0.25) is 5.02 Å². The number of carbonyl (C=O) groups excluding carboxylic acids is 1. The van der Waals surface area contributed by atoms with Crippen LogP contribution >= 0.6 is 11.6 Å². The molecule has 1 rings (SSSR count). The maximum absolute atomic E-state index is 12.2. The van der Waals surface area contributed by atoms with Crippen LogP contribution in [-0.4, -0.2) is 48.7 Å². The SMILES string of the molecule is COCCN(CC(=O)O)C(=O)c1ccc(Cl)c(C)c1. The minimum absolute atomic E-state index is 0.226. The molecule has 0 unspecified atom stereocenters. The minimum Gasteiger partial charge on any atom is -0.480 e. The van der Waals surface area contributed by atoms with Crippen molar-refractivity contribution in [2.24, 2.45) is 0 Å². The Bertz CT molecular complexity index is 476. The summed E-state index contributed by atoms with van der Waals surface area (Å²) in [6.45, 7) is 1.94. The van der Waals surface area contributed by atoms with E-state index >= 15 is 0 Å². The van der Waals surface area contributed by atoms with E-state index in [0.29, 0.717) is 10.6 Å². The second kappa shape index (κ2) is 7.11. The molecule has 0 aliphatic heterocycles. The van der Waals surface area contributed by atoms with E-state index in [2.05, 4.69) is 0 Å². The highest BCUT2D eigenvalue weighted by atomic mass is 35.5. The maximum atomic E-state index is 12.2. The predicted molar refractivity (Wildman–Crippen MR) is 71.6 cm³/mol. The molecule has 0 bridgehead atoms. The molecule has 0 aliphatic carbocycles. The number of rotatable bonds is 6. The van der Waals surface area contributed by atoms with E-state index < -0.39 is 5.97 Å². The lowest BCUT2D eigenvalue weighted by Gasteiger charge is -2.20. The summed E-state index contributed by atoms with van der Waals surface area (Å²) in [5.74, 6) is -1.41. The number of halogens is 1. The van der Waals surface area contributed by atoms with Gasteiger partial charge in [0.25, 0.3) is 5.91 Å². The first-order chi connectivity index (χ1) is 8.95. The van der Waals surface area contributed by atoms with Gasteiger partial charge in [-0.15, -0.1) is 0 Å². The number of carboxylic acids is 1. The number of aliphatic carboxylic acids is 1. The summed E-state index contributed by atoms with van der Waals surface area (Å²) in [6.07, 6.45) is 0. The molecule has 1 aromatic carbocycles. The molecule has 5 nitrogen and oxygen atoms in total. The lowest BCUT2D eigenvalue weighted by Crippen LogP contribution is -2.38. The molecule has 1 amide bonds. The predicted octanol–water partition coefficient (Wildman–Crippen LogP) is 1.82. The molecule has 0 radical (unpaired) electrons. The Balaban J connectivity index is 2.90. The second-order valence-corrected chi connectivity index (χ2v) is 4.48. The molecule has 6 heteroatoms. The third kappa shape index (κ3) is 4.54. The highest BCUT2D eigenvalue weighted by molar-refractivity contribution is 6.31. The average Bonchev–Trinajstić information content (AvgIpc) is 2.36. The normalized spacial score (nSPS) is 10.3. The molecule has 0 atom stereocenters. The van der Waals surface area contributed by atoms with Gasteiger partial charge in [0.2, 0.25) is 0 Å². The van der Waals surface area contributed by atoms with Crippen LogP contribution in [0.5, 0.6) is 0 Å². The van der Waals surface area contributed by atoms with Gasteiger partial charge in [-0.05, 0) is 30.7 Å². The molecule has 0 saturated carbocycles. The summed E-state index contributed by atoms with van der Waals surface area (Å²) in [7, 11) is 1.50. The molecule has 19 heavy (non-hydrogen) atoms. The van der Waals surface area contributed by atoms with Gasteiger partial charge in [-0.3, -0.25) is 9.59 Å². The quantitative estimate of drug-likeness (QED) is 0.866. The molecular formula is C13H16ClNO4. The number of hydrogen-bond donors (Lipinski definition) is 1. The fourth-order valence-corrected chi connectivity index (χ4v) is 1.70. The number of aryl methyl sites for hydroxylation is 1. The Hall–Kier alpha value is -1.59. The molecule has 0 heterocycles. The van der Waals surface area contributed by atoms with E-state index in [4.69, 9.17) is 21.4 Å². The number of benzene rings is 1. The highest BCUT2D eigenvalue weighted by Gasteiger charge is 2.18. The monoisotopic (exact) mass is 285 g/mol. The van der Waals surface area contributed by atoms with Crippen molar-refractivity contribution >= 4 is 23.5 Å². The zero-order valence-corrected chi connectivity index (χ0v) is 11.6. The van der Waals surface area contributed by atoms with Crippen LogP contribution in [0, 0.1) is 6.92 Å². The molecule has 0 aromatic heterocycles. The van der Waals surface area contributed by atoms with Crippen LogP contribution < -0.4 is 0 Å². The highest BCUT2D eigenvalue weighted by Crippen LogP contribution is 2.17. The van der Waals surface area contributed by atoms with Gasteiger partial charge in [-0.2, -0.15) is 0 Å². The minimum atomic E-state index is -1.06. The largest absolute Gasteiger partial charge is 0.480 e. The average molecular weight is 286 g/mol. The topological polar surface area (TPSA) is 66.8 Å². The molecule has 0 fully saturated rings. The maximum Gasteiger partial charge on any atom is 0.323 e. The first-order valence-electron chi connectivity index (χ1n) is 5.72. The van der Waals surface area contributed by atoms with Crippen molar-refractivity contribution < 1.29 is 19.4 Å². The molecule has 1 N–H and O–H groups in total. The standard InChI is InChI=1S/C13H16ClNO4/c1-9-7-10(3-4-11(9)14)13(18)15(5-6-19-2)8-12(16)17/h3-4,7H,5-6,8H2,1-2H3,(H,16,17). The molecular weight excluding hydrogens is 270 g/mol. The van der Waals surface area contributed by atoms with Gasteiger partial charge < -0.3 is 14.7 Å². The Morgan fingerprint density at radius 2 is 2.11 bits per heavy atom. The molecule has 0 spiro atoms. The van der Waals surface area contributed by atoms with E-state index in [1.165, 1.54) is 12.0 Å². The van der Waals surface area contributed by atoms with Crippen LogP contribution in [0.3, 0.4) is 0 Å². The second-order valence-electron chi connectivity index (χ2n) is 4.08. The van der Waals surface area contributed by atoms with Crippen molar-refractivity contribution in [3.8, 4) is 0 Å². The third-order valence-electron chi connectivity index (χ3n) is 2.58. The zero-order chi connectivity index (χ0) is 14.4. The number of carboxylic acid groups (broad SMARTS) is 1. The number of methoxy groups -OCH3 is 1. The molecule has 1 aromatic rings. The summed E-state index contributed by atoms with van der Waals surface area (Å²) in [4.78, 5) is 24.2. The van der Waals surface area contributed by atoms with Crippen molar-refractivity contribution in [1.29, 1.82) is 0 Å². The van der Waals surface area contributed by atoms with E-state index in [-0.39, 0.29) is 25.6 Å². The summed E-state index contributed by atoms with van der Waals surface area (Å²) >= 11 is 5.89. The lowest BCUT2D eigenvalue weighted by atomic mass is 10.1. The van der Waals surface area contributed by atoms with Gasteiger partial charge in [-0.1, -0.05) is 11.6 Å². The Morgan fingerprint density at radius 3 is 2.63 bits per heavy atom. The van der Waals surface area contributed by atoms with Crippen molar-refractivity contribution in [2.75, 3.05) is 26.8 Å². The van der Waals surface area contributed by atoms with Crippen LogP contribution in [0.25, 0.3) is 0 Å². The van der Waals surface area contributed by atoms with Crippen molar-refractivity contribution in [3.63, 3.8) is 0 Å². The van der Waals surface area contributed by atoms with Crippen molar-refractivity contribution in [2.45, 2.75) is 6.92 Å². The van der Waals surface area contributed by atoms with E-state index in [1.807, 2.05) is 0 Å². The lowest BCUT2D eigenvalue weighted by molar-refractivity contribution is -0.137. The summed E-state index contributed by atoms with van der Waals surface area (Å²) in [5.41, 5.74) is 1.19. The first-order valence-corrected chi connectivity index (χ1v) is 6.09. The number of amides is 1. The molecule has 0 aliphatic rings. The number of nitrogens with zero attached hydrogens (tertiary/aromatic N) is 1. The Kier molecular flexibility index (Phi) is 5.79. The van der Waals surface area contributed by atoms with Gasteiger partial charge in [0.1, 0.15) is 6.54 Å². The molecule has 0 saturated heterocycles. The van der Waals surface area contributed by atoms with Gasteiger partial charge >= 0.3 is 5.97 Å². The summed E-state index contributed by atoms with van der Waals surface area (Å²) in [6, 6.07) is 4.85. The van der Waals surface area contributed by atoms with Crippen molar-refractivity contribution in [3.05, 3.63) is 34.3 Å². The Labute approximate surface area is 116 Å². The fourth-order valence-electron chi connectivity index (χ4n) is 1.58. The van der Waals surface area contributed by atoms with Crippen molar-refractivity contribution in [1.82, 2.24) is 4.90 Å². The summed E-state index contributed by atoms with van der Waals surface area (Å²) in [5, 5.41) is 9.39. The van der Waals surface area contributed by atoms with Gasteiger partial charge in [0, 0.05) is 24.2 Å².